The predicted octanol–water partition coefficient (Wildman–Crippen LogP) is 7.62. The molecule has 1 aromatic heterocycles. The highest BCUT2D eigenvalue weighted by atomic mass is 35.5. The fraction of sp³-hybridized carbons (Fsp3) is 0.222. The molecule has 2 amide bonds. The number of benzene rings is 3. The summed E-state index contributed by atoms with van der Waals surface area (Å²) in [5.74, 6) is 1.67. The molecule has 36 heavy (non-hydrogen) atoms. The van der Waals surface area contributed by atoms with Crippen molar-refractivity contribution in [2.45, 2.75) is 44.1 Å². The average Bonchev–Trinajstić information content (AvgIpc) is 3.26. The van der Waals surface area contributed by atoms with Crippen molar-refractivity contribution in [2.75, 3.05) is 5.32 Å². The number of aromatic nitrogens is 3. The number of rotatable bonds is 8. The monoisotopic (exact) mass is 539 g/mol. The number of nitrogens with zero attached hydrogens (tertiary/aromatic N) is 3. The van der Waals surface area contributed by atoms with Crippen molar-refractivity contribution in [2.24, 2.45) is 0 Å². The lowest BCUT2D eigenvalue weighted by molar-refractivity contribution is 0.251. The maximum Gasteiger partial charge on any atom is 0.319 e. The van der Waals surface area contributed by atoms with Gasteiger partial charge in [0.1, 0.15) is 0 Å². The fourth-order valence-electron chi connectivity index (χ4n) is 3.64. The Labute approximate surface area is 225 Å². The van der Waals surface area contributed by atoms with Crippen LogP contribution in [0.3, 0.4) is 0 Å². The maximum absolute atomic E-state index is 12.6. The molecule has 0 fully saturated rings. The van der Waals surface area contributed by atoms with E-state index < -0.39 is 0 Å². The zero-order valence-corrected chi connectivity index (χ0v) is 22.6. The Morgan fingerprint density at radius 2 is 1.81 bits per heavy atom. The van der Waals surface area contributed by atoms with Crippen molar-refractivity contribution < 1.29 is 4.79 Å². The molecule has 186 valence electrons. The van der Waals surface area contributed by atoms with Crippen LogP contribution in [0.5, 0.6) is 0 Å². The van der Waals surface area contributed by atoms with Crippen molar-refractivity contribution in [3.63, 3.8) is 0 Å². The lowest BCUT2D eigenvalue weighted by Crippen LogP contribution is -2.29. The molecule has 2 N–H and O–H groups in total. The average molecular weight is 541 g/mol. The molecule has 0 saturated heterocycles. The summed E-state index contributed by atoms with van der Waals surface area (Å²) in [6, 6.07) is 21.0. The third-order valence-corrected chi connectivity index (χ3v) is 7.10. The van der Waals surface area contributed by atoms with Crippen LogP contribution in [0.4, 0.5) is 10.5 Å². The van der Waals surface area contributed by atoms with Crippen LogP contribution < -0.4 is 10.6 Å². The van der Waals surface area contributed by atoms with Crippen LogP contribution in [-0.4, -0.2) is 20.8 Å². The van der Waals surface area contributed by atoms with Gasteiger partial charge in [-0.3, -0.25) is 4.57 Å². The summed E-state index contributed by atoms with van der Waals surface area (Å²) in [5, 5.41) is 16.2. The van der Waals surface area contributed by atoms with E-state index in [0.29, 0.717) is 44.1 Å². The van der Waals surface area contributed by atoms with Gasteiger partial charge in [0, 0.05) is 16.5 Å². The summed E-state index contributed by atoms with van der Waals surface area (Å²) in [6.45, 7) is 6.47. The van der Waals surface area contributed by atoms with Gasteiger partial charge in [-0.05, 0) is 54.3 Å². The van der Waals surface area contributed by atoms with Gasteiger partial charge in [-0.25, -0.2) is 4.79 Å². The van der Waals surface area contributed by atoms with E-state index in [2.05, 4.69) is 59.8 Å². The minimum absolute atomic E-state index is 0.150. The van der Waals surface area contributed by atoms with E-state index in [9.17, 15) is 4.79 Å². The number of carbonyl (C=O) groups is 1. The van der Waals surface area contributed by atoms with Crippen molar-refractivity contribution in [1.29, 1.82) is 0 Å². The van der Waals surface area contributed by atoms with Crippen LogP contribution >= 0.6 is 35.0 Å². The third-order valence-electron chi connectivity index (χ3n) is 5.54. The minimum atomic E-state index is -0.340. The predicted molar refractivity (Wildman–Crippen MR) is 149 cm³/mol. The van der Waals surface area contributed by atoms with Crippen LogP contribution in [-0.2, 0) is 12.3 Å². The first kappa shape index (κ1) is 26.1. The van der Waals surface area contributed by atoms with Gasteiger partial charge in [-0.1, -0.05) is 90.8 Å². The van der Waals surface area contributed by atoms with Crippen molar-refractivity contribution in [3.8, 4) is 5.69 Å². The molecule has 0 bridgehead atoms. The van der Waals surface area contributed by atoms with Gasteiger partial charge in [0.15, 0.2) is 11.0 Å². The minimum Gasteiger partial charge on any atom is -0.331 e. The highest BCUT2D eigenvalue weighted by Crippen LogP contribution is 2.31. The molecule has 4 rings (SSSR count). The first-order chi connectivity index (χ1) is 17.3. The van der Waals surface area contributed by atoms with E-state index >= 15 is 0 Å². The van der Waals surface area contributed by atoms with Crippen molar-refractivity contribution >= 4 is 46.7 Å². The van der Waals surface area contributed by atoms with Crippen molar-refractivity contribution in [1.82, 2.24) is 20.1 Å². The molecular formula is C27H27Cl2N5OS. The van der Waals surface area contributed by atoms with Gasteiger partial charge < -0.3 is 10.6 Å². The molecule has 0 aliphatic rings. The molecule has 0 atom stereocenters. The van der Waals surface area contributed by atoms with Gasteiger partial charge in [0.25, 0.3) is 0 Å². The Morgan fingerprint density at radius 1 is 1.03 bits per heavy atom. The molecule has 3 aromatic carbocycles. The molecule has 4 aromatic rings. The first-order valence-electron chi connectivity index (χ1n) is 11.5. The molecule has 0 spiro atoms. The highest BCUT2D eigenvalue weighted by molar-refractivity contribution is 7.98. The van der Waals surface area contributed by atoms with E-state index in [1.54, 1.807) is 18.2 Å². The van der Waals surface area contributed by atoms with Crippen LogP contribution in [0.15, 0.2) is 71.9 Å². The summed E-state index contributed by atoms with van der Waals surface area (Å²) in [6.07, 6.45) is 0. The largest absolute Gasteiger partial charge is 0.331 e. The molecule has 0 radical (unpaired) electrons. The Hall–Kier alpha value is -3.00. The zero-order valence-electron chi connectivity index (χ0n) is 20.3. The normalized spacial score (nSPS) is 11.1. The number of thioether (sulfide) groups is 1. The number of hydrogen-bond acceptors (Lipinski definition) is 4. The summed E-state index contributed by atoms with van der Waals surface area (Å²) in [4.78, 5) is 12.6. The number of urea groups is 1. The number of anilines is 1. The number of amides is 2. The van der Waals surface area contributed by atoms with Crippen LogP contribution in [0.1, 0.15) is 42.3 Å². The maximum atomic E-state index is 12.6. The molecule has 0 aliphatic heterocycles. The van der Waals surface area contributed by atoms with E-state index in [1.165, 1.54) is 28.5 Å². The number of carbonyl (C=O) groups excluding carboxylic acids is 1. The SMILES string of the molecule is Cc1cccc(CSc2nnc(CNC(=O)Nc3ccc(C(C)C)cc3)n2-c2cc(Cl)ccc2Cl)c1. The Kier molecular flexibility index (Phi) is 8.56. The topological polar surface area (TPSA) is 71.8 Å². The summed E-state index contributed by atoms with van der Waals surface area (Å²) in [7, 11) is 0. The molecule has 0 saturated carbocycles. The highest BCUT2D eigenvalue weighted by Gasteiger charge is 2.18. The Bertz CT molecular complexity index is 1350. The van der Waals surface area contributed by atoms with E-state index in [-0.39, 0.29) is 12.6 Å². The van der Waals surface area contributed by atoms with Crippen molar-refractivity contribution in [3.05, 3.63) is 99.3 Å². The Morgan fingerprint density at radius 3 is 2.53 bits per heavy atom. The van der Waals surface area contributed by atoms with Crippen LogP contribution in [0.25, 0.3) is 5.69 Å². The number of hydrogen-bond donors (Lipinski definition) is 2. The second kappa shape index (κ2) is 11.8. The third kappa shape index (κ3) is 6.60. The van der Waals surface area contributed by atoms with Gasteiger partial charge in [0.2, 0.25) is 0 Å². The Balaban J connectivity index is 1.52. The molecule has 6 nitrogen and oxygen atoms in total. The van der Waals surface area contributed by atoms with Crippen LogP contribution in [0.2, 0.25) is 10.0 Å². The van der Waals surface area contributed by atoms with Gasteiger partial charge >= 0.3 is 6.03 Å². The number of aryl methyl sites for hydroxylation is 1. The van der Waals surface area contributed by atoms with E-state index in [0.717, 1.165) is 0 Å². The quantitative estimate of drug-likeness (QED) is 0.226. The molecular weight excluding hydrogens is 513 g/mol. The van der Waals surface area contributed by atoms with Gasteiger partial charge in [-0.15, -0.1) is 10.2 Å². The van der Waals surface area contributed by atoms with Gasteiger partial charge in [0.05, 0.1) is 17.3 Å². The van der Waals surface area contributed by atoms with Gasteiger partial charge in [-0.2, -0.15) is 0 Å². The fourth-order valence-corrected chi connectivity index (χ4v) is 4.92. The second-order valence-electron chi connectivity index (χ2n) is 8.69. The zero-order chi connectivity index (χ0) is 25.7. The molecule has 0 aliphatic carbocycles. The molecule has 1 heterocycles. The summed E-state index contributed by atoms with van der Waals surface area (Å²) in [5.41, 5.74) is 4.95. The standard InChI is InChI=1S/C27H27Cl2N5OS/c1-17(2)20-7-10-22(11-8-20)31-26(35)30-15-25-32-33-27(36-16-19-6-4-5-18(3)13-19)34(25)24-14-21(28)9-12-23(24)29/h4-14,17H,15-16H2,1-3H3,(H2,30,31,35). The summed E-state index contributed by atoms with van der Waals surface area (Å²) >= 11 is 14.3. The van der Waals surface area contributed by atoms with E-state index in [4.69, 9.17) is 23.2 Å². The molecule has 0 unspecified atom stereocenters. The smallest absolute Gasteiger partial charge is 0.319 e. The van der Waals surface area contributed by atoms with E-state index in [1.807, 2.05) is 34.9 Å². The number of nitrogens with one attached hydrogen (secondary N) is 2. The second-order valence-corrected chi connectivity index (χ2v) is 10.5. The molecule has 9 heteroatoms. The lowest BCUT2D eigenvalue weighted by Gasteiger charge is -2.13. The number of halogens is 2. The first-order valence-corrected chi connectivity index (χ1v) is 13.3. The summed E-state index contributed by atoms with van der Waals surface area (Å²) < 4.78 is 1.84. The lowest BCUT2D eigenvalue weighted by atomic mass is 10.0. The van der Waals surface area contributed by atoms with Crippen LogP contribution in [0, 0.1) is 6.92 Å².